The lowest BCUT2D eigenvalue weighted by molar-refractivity contribution is 0.593. The highest BCUT2D eigenvalue weighted by Gasteiger charge is 2.30. The van der Waals surface area contributed by atoms with Crippen LogP contribution in [0.4, 0.5) is 17.1 Å². The number of para-hydroxylation sites is 2. The van der Waals surface area contributed by atoms with Crippen LogP contribution in [0.25, 0.3) is 61.6 Å². The normalized spacial score (nSPS) is 11.4. The van der Waals surface area contributed by atoms with E-state index in [-0.39, 0.29) is 5.41 Å². The minimum absolute atomic E-state index is 0.148. The van der Waals surface area contributed by atoms with Crippen molar-refractivity contribution >= 4 is 17.1 Å². The molecule has 9 rings (SSSR count). The van der Waals surface area contributed by atoms with E-state index in [0.29, 0.717) is 0 Å². The van der Waals surface area contributed by atoms with Crippen LogP contribution in [-0.2, 0) is 5.41 Å². The molecule has 280 valence electrons. The number of hydrogen-bond donors (Lipinski definition) is 0. The fourth-order valence-electron chi connectivity index (χ4n) is 8.09. The van der Waals surface area contributed by atoms with E-state index in [4.69, 9.17) is 5.10 Å². The van der Waals surface area contributed by atoms with Gasteiger partial charge in [0.15, 0.2) is 0 Å². The van der Waals surface area contributed by atoms with Crippen LogP contribution in [0.2, 0.25) is 0 Å². The number of rotatable bonds is 9. The van der Waals surface area contributed by atoms with Crippen LogP contribution in [0.1, 0.15) is 26.3 Å². The van der Waals surface area contributed by atoms with Crippen molar-refractivity contribution < 1.29 is 0 Å². The molecule has 0 radical (unpaired) electrons. The first-order valence-corrected chi connectivity index (χ1v) is 20.0. The molecule has 0 atom stereocenters. The Labute approximate surface area is 342 Å². The first kappa shape index (κ1) is 36.4. The zero-order valence-corrected chi connectivity index (χ0v) is 33.1. The highest BCUT2D eigenvalue weighted by Crippen LogP contribution is 2.43. The summed E-state index contributed by atoms with van der Waals surface area (Å²) in [6.45, 7) is 6.84. The summed E-state index contributed by atoms with van der Waals surface area (Å²) in [6.07, 6.45) is 0. The number of hydrogen-bond acceptors (Lipinski definition) is 2. The highest BCUT2D eigenvalue weighted by atomic mass is 15.3. The van der Waals surface area contributed by atoms with Crippen molar-refractivity contribution in [2.24, 2.45) is 0 Å². The maximum atomic E-state index is 5.37. The molecule has 3 heteroatoms. The van der Waals surface area contributed by atoms with Crippen LogP contribution in [0.15, 0.2) is 218 Å². The molecule has 0 saturated carbocycles. The Bertz CT molecular complexity index is 2720. The van der Waals surface area contributed by atoms with Crippen molar-refractivity contribution in [1.29, 1.82) is 0 Å². The Kier molecular flexibility index (Phi) is 9.87. The smallest absolute Gasteiger partial charge is 0.0971 e. The van der Waals surface area contributed by atoms with E-state index < -0.39 is 0 Å². The van der Waals surface area contributed by atoms with E-state index >= 15 is 0 Å². The molecule has 0 aliphatic heterocycles. The first-order chi connectivity index (χ1) is 28.4. The van der Waals surface area contributed by atoms with Gasteiger partial charge < -0.3 is 4.90 Å². The van der Waals surface area contributed by atoms with Gasteiger partial charge >= 0.3 is 0 Å². The van der Waals surface area contributed by atoms with E-state index in [9.17, 15) is 0 Å². The van der Waals surface area contributed by atoms with Gasteiger partial charge in [0, 0.05) is 33.8 Å². The predicted octanol–water partition coefficient (Wildman–Crippen LogP) is 15.0. The average molecular weight is 748 g/mol. The van der Waals surface area contributed by atoms with Gasteiger partial charge in [0.05, 0.1) is 17.1 Å². The molecule has 0 spiro atoms. The molecular weight excluding hydrogens is 703 g/mol. The minimum Gasteiger partial charge on any atom is -0.311 e. The lowest BCUT2D eigenvalue weighted by Crippen LogP contribution is -2.13. The monoisotopic (exact) mass is 747 g/mol. The van der Waals surface area contributed by atoms with Crippen LogP contribution in [-0.4, -0.2) is 9.78 Å². The highest BCUT2D eigenvalue weighted by molar-refractivity contribution is 5.92. The van der Waals surface area contributed by atoms with Crippen molar-refractivity contribution in [2.45, 2.75) is 26.2 Å². The fourth-order valence-corrected chi connectivity index (χ4v) is 8.09. The number of benzene rings is 8. The van der Waals surface area contributed by atoms with Gasteiger partial charge in [-0.05, 0) is 87.3 Å². The van der Waals surface area contributed by atoms with Gasteiger partial charge in [0.1, 0.15) is 0 Å². The fraction of sp³-hybridized carbons (Fsp3) is 0.0727. The van der Waals surface area contributed by atoms with Crippen LogP contribution in [0.3, 0.4) is 0 Å². The molecule has 0 saturated heterocycles. The molecule has 0 fully saturated rings. The summed E-state index contributed by atoms with van der Waals surface area (Å²) in [4.78, 5) is 2.30. The van der Waals surface area contributed by atoms with E-state index in [1.807, 2.05) is 0 Å². The van der Waals surface area contributed by atoms with Crippen molar-refractivity contribution in [3.8, 4) is 61.6 Å². The Morgan fingerprint density at radius 3 is 1.21 bits per heavy atom. The Morgan fingerprint density at radius 1 is 0.362 bits per heavy atom. The third-order valence-electron chi connectivity index (χ3n) is 10.8. The van der Waals surface area contributed by atoms with Gasteiger partial charge in [-0.3, -0.25) is 0 Å². The number of nitrogens with zero attached hydrogens (tertiary/aromatic N) is 3. The average Bonchev–Trinajstić information content (AvgIpc) is 3.70. The van der Waals surface area contributed by atoms with Crippen LogP contribution in [0.5, 0.6) is 0 Å². The van der Waals surface area contributed by atoms with E-state index in [0.717, 1.165) is 50.8 Å². The van der Waals surface area contributed by atoms with Crippen molar-refractivity contribution in [3.05, 3.63) is 224 Å². The molecule has 3 nitrogen and oxygen atoms in total. The number of anilines is 3. The second-order valence-electron chi connectivity index (χ2n) is 15.7. The predicted molar refractivity (Wildman–Crippen MR) is 244 cm³/mol. The van der Waals surface area contributed by atoms with E-state index in [1.165, 1.54) is 33.4 Å². The molecule has 1 aromatic heterocycles. The largest absolute Gasteiger partial charge is 0.311 e. The van der Waals surface area contributed by atoms with E-state index in [1.54, 1.807) is 0 Å². The SMILES string of the molecule is CC(C)(C)c1c(-c2ccccc2)nn(-c2ccc(-c3ccccc3-c3ccccc3-c3ccc(N(c4ccccc4)c4ccccc4)cc3)cc2)c1-c1ccccc1. The second-order valence-corrected chi connectivity index (χ2v) is 15.7. The van der Waals surface area contributed by atoms with Gasteiger partial charge in [-0.15, -0.1) is 0 Å². The molecule has 0 aliphatic rings. The summed E-state index contributed by atoms with van der Waals surface area (Å²) in [7, 11) is 0. The summed E-state index contributed by atoms with van der Waals surface area (Å²) in [5, 5.41) is 5.37. The molecule has 0 bridgehead atoms. The van der Waals surface area contributed by atoms with E-state index in [2.05, 4.69) is 249 Å². The van der Waals surface area contributed by atoms with Crippen LogP contribution >= 0.6 is 0 Å². The first-order valence-electron chi connectivity index (χ1n) is 20.0. The summed E-state index contributed by atoms with van der Waals surface area (Å²) in [6, 6.07) is 77.7. The maximum Gasteiger partial charge on any atom is 0.0971 e. The number of aromatic nitrogens is 2. The molecule has 0 amide bonds. The van der Waals surface area contributed by atoms with Crippen LogP contribution < -0.4 is 4.90 Å². The molecule has 58 heavy (non-hydrogen) atoms. The van der Waals surface area contributed by atoms with Gasteiger partial charge in [-0.1, -0.05) is 191 Å². The molecule has 8 aromatic carbocycles. The lowest BCUT2D eigenvalue weighted by Gasteiger charge is -2.25. The third kappa shape index (κ3) is 7.15. The van der Waals surface area contributed by atoms with Gasteiger partial charge in [-0.2, -0.15) is 5.10 Å². The lowest BCUT2D eigenvalue weighted by atomic mass is 9.82. The van der Waals surface area contributed by atoms with Crippen molar-refractivity contribution in [2.75, 3.05) is 4.90 Å². The third-order valence-corrected chi connectivity index (χ3v) is 10.8. The van der Waals surface area contributed by atoms with Crippen LogP contribution in [0, 0.1) is 0 Å². The summed E-state index contributed by atoms with van der Waals surface area (Å²) in [5.41, 5.74) is 16.9. The maximum absolute atomic E-state index is 5.37. The molecule has 1 heterocycles. The van der Waals surface area contributed by atoms with Gasteiger partial charge in [-0.25, -0.2) is 4.68 Å². The Hall–Kier alpha value is -7.23. The summed E-state index contributed by atoms with van der Waals surface area (Å²) < 4.78 is 2.14. The van der Waals surface area contributed by atoms with Gasteiger partial charge in [0.2, 0.25) is 0 Å². The topological polar surface area (TPSA) is 21.1 Å². The standard InChI is InChI=1S/C55H45N3/c1-55(2,3)52-53(42-20-8-4-9-21-42)56-58(54(52)43-22-10-5-11-23-43)47-38-34-41(35-39-47)49-29-17-19-31-51(49)50-30-18-16-28-48(50)40-32-36-46(37-33-40)57(44-24-12-6-13-25-44)45-26-14-7-15-27-45/h4-39H,1-3H3. The quantitative estimate of drug-likeness (QED) is 0.147. The summed E-state index contributed by atoms with van der Waals surface area (Å²) in [5.74, 6) is 0. The summed E-state index contributed by atoms with van der Waals surface area (Å²) >= 11 is 0. The molecule has 0 N–H and O–H groups in total. The Morgan fingerprint density at radius 2 is 0.741 bits per heavy atom. The second kappa shape index (κ2) is 15.7. The zero-order valence-electron chi connectivity index (χ0n) is 33.1. The van der Waals surface area contributed by atoms with Crippen molar-refractivity contribution in [3.63, 3.8) is 0 Å². The minimum atomic E-state index is -0.148. The zero-order chi connectivity index (χ0) is 39.5. The molecule has 0 unspecified atom stereocenters. The molecule has 0 aliphatic carbocycles. The van der Waals surface area contributed by atoms with Crippen molar-refractivity contribution in [1.82, 2.24) is 9.78 Å². The molecule has 9 aromatic rings. The molecular formula is C55H45N3. The Balaban J connectivity index is 1.10. The van der Waals surface area contributed by atoms with Gasteiger partial charge in [0.25, 0.3) is 0 Å².